The number of likely N-dealkylation sites (tertiary alicyclic amines) is 1. The number of alkyl carbamates (subject to hydrolysis) is 1. The maximum atomic E-state index is 11.6. The topological polar surface area (TPSA) is 70.7 Å². The van der Waals surface area contributed by atoms with E-state index in [0.717, 1.165) is 25.6 Å². The van der Waals surface area contributed by atoms with Crippen LogP contribution >= 0.6 is 0 Å². The Morgan fingerprint density at radius 3 is 2.80 bits per heavy atom. The lowest BCUT2D eigenvalue weighted by Crippen LogP contribution is -2.40. The fourth-order valence-electron chi connectivity index (χ4n) is 2.44. The summed E-state index contributed by atoms with van der Waals surface area (Å²) in [6.45, 7) is 6.65. The van der Waals surface area contributed by atoms with Crippen molar-refractivity contribution in [1.82, 2.24) is 15.5 Å². The van der Waals surface area contributed by atoms with Crippen molar-refractivity contribution in [2.45, 2.75) is 32.6 Å². The minimum Gasteiger partial charge on any atom is -0.453 e. The molecule has 1 aliphatic rings. The van der Waals surface area contributed by atoms with Crippen LogP contribution in [0.15, 0.2) is 0 Å². The standard InChI is InChI=1S/C14H27N3O3/c1-12-5-4-9-17(11-12)10-8-15-13(18)6-3-7-16-14(19)20-2/h12H,3-11H2,1-2H3,(H,15,18)(H,16,19)/t12-/m1/s1. The lowest BCUT2D eigenvalue weighted by Gasteiger charge is -2.30. The Morgan fingerprint density at radius 1 is 1.30 bits per heavy atom. The van der Waals surface area contributed by atoms with Crippen LogP contribution in [0.5, 0.6) is 0 Å². The molecule has 0 aromatic heterocycles. The van der Waals surface area contributed by atoms with E-state index in [4.69, 9.17) is 0 Å². The van der Waals surface area contributed by atoms with Crippen LogP contribution in [-0.2, 0) is 9.53 Å². The fourth-order valence-corrected chi connectivity index (χ4v) is 2.44. The van der Waals surface area contributed by atoms with E-state index in [2.05, 4.69) is 27.2 Å². The molecule has 0 spiro atoms. The summed E-state index contributed by atoms with van der Waals surface area (Å²) >= 11 is 0. The van der Waals surface area contributed by atoms with Crippen molar-refractivity contribution in [3.8, 4) is 0 Å². The molecule has 116 valence electrons. The van der Waals surface area contributed by atoms with Crippen LogP contribution in [0.3, 0.4) is 0 Å². The van der Waals surface area contributed by atoms with Crippen molar-refractivity contribution < 1.29 is 14.3 Å². The van der Waals surface area contributed by atoms with Crippen LogP contribution in [0.4, 0.5) is 4.79 Å². The molecule has 0 bridgehead atoms. The molecule has 2 amide bonds. The average Bonchev–Trinajstić information content (AvgIpc) is 2.43. The molecule has 0 radical (unpaired) electrons. The van der Waals surface area contributed by atoms with Gasteiger partial charge in [0.2, 0.25) is 5.91 Å². The van der Waals surface area contributed by atoms with Crippen molar-refractivity contribution >= 4 is 12.0 Å². The lowest BCUT2D eigenvalue weighted by atomic mass is 10.0. The first kappa shape index (κ1) is 16.8. The summed E-state index contributed by atoms with van der Waals surface area (Å²) in [6, 6.07) is 0. The Kier molecular flexibility index (Phi) is 8.02. The second-order valence-corrected chi connectivity index (χ2v) is 5.42. The van der Waals surface area contributed by atoms with Gasteiger partial charge < -0.3 is 20.3 Å². The molecule has 1 saturated heterocycles. The quantitative estimate of drug-likeness (QED) is 0.684. The van der Waals surface area contributed by atoms with Gasteiger partial charge in [-0.1, -0.05) is 6.92 Å². The Balaban J connectivity index is 1.98. The minimum atomic E-state index is -0.454. The van der Waals surface area contributed by atoms with Gasteiger partial charge >= 0.3 is 6.09 Å². The molecule has 1 aliphatic heterocycles. The highest BCUT2D eigenvalue weighted by atomic mass is 16.5. The van der Waals surface area contributed by atoms with Gasteiger partial charge in [0.25, 0.3) is 0 Å². The van der Waals surface area contributed by atoms with E-state index in [-0.39, 0.29) is 5.91 Å². The molecular weight excluding hydrogens is 258 g/mol. The number of ether oxygens (including phenoxy) is 1. The van der Waals surface area contributed by atoms with Gasteiger partial charge in [-0.2, -0.15) is 0 Å². The van der Waals surface area contributed by atoms with Gasteiger partial charge in [-0.15, -0.1) is 0 Å². The number of carbonyl (C=O) groups is 2. The normalized spacial score (nSPS) is 19.4. The highest BCUT2D eigenvalue weighted by molar-refractivity contribution is 5.75. The molecule has 6 nitrogen and oxygen atoms in total. The Morgan fingerprint density at radius 2 is 2.10 bits per heavy atom. The Bertz CT molecular complexity index is 310. The molecule has 6 heteroatoms. The average molecular weight is 285 g/mol. The summed E-state index contributed by atoms with van der Waals surface area (Å²) in [4.78, 5) is 24.8. The largest absolute Gasteiger partial charge is 0.453 e. The number of hydrogen-bond donors (Lipinski definition) is 2. The number of piperidine rings is 1. The fraction of sp³-hybridized carbons (Fsp3) is 0.857. The number of carbonyl (C=O) groups excluding carboxylic acids is 2. The van der Waals surface area contributed by atoms with Gasteiger partial charge in [-0.3, -0.25) is 4.79 Å². The lowest BCUT2D eigenvalue weighted by molar-refractivity contribution is -0.121. The number of amides is 2. The summed E-state index contributed by atoms with van der Waals surface area (Å²) in [6.07, 6.45) is 3.18. The van der Waals surface area contributed by atoms with E-state index in [9.17, 15) is 9.59 Å². The van der Waals surface area contributed by atoms with Crippen LogP contribution in [0.2, 0.25) is 0 Å². The third-order valence-electron chi connectivity index (χ3n) is 3.53. The van der Waals surface area contributed by atoms with E-state index in [1.165, 1.54) is 20.0 Å². The summed E-state index contributed by atoms with van der Waals surface area (Å²) in [5.41, 5.74) is 0. The van der Waals surface area contributed by atoms with Crippen molar-refractivity contribution in [3.63, 3.8) is 0 Å². The van der Waals surface area contributed by atoms with Crippen LogP contribution < -0.4 is 10.6 Å². The molecular formula is C14H27N3O3. The first-order valence-electron chi connectivity index (χ1n) is 7.42. The van der Waals surface area contributed by atoms with Crippen LogP contribution in [0.25, 0.3) is 0 Å². The zero-order chi connectivity index (χ0) is 14.8. The smallest absolute Gasteiger partial charge is 0.406 e. The third-order valence-corrected chi connectivity index (χ3v) is 3.53. The second-order valence-electron chi connectivity index (χ2n) is 5.42. The molecule has 0 unspecified atom stereocenters. The van der Waals surface area contributed by atoms with E-state index in [1.807, 2.05) is 0 Å². The van der Waals surface area contributed by atoms with Crippen molar-refractivity contribution in [3.05, 3.63) is 0 Å². The molecule has 1 rings (SSSR count). The predicted molar refractivity (Wildman–Crippen MR) is 77.5 cm³/mol. The zero-order valence-corrected chi connectivity index (χ0v) is 12.6. The van der Waals surface area contributed by atoms with Gasteiger partial charge in [-0.05, 0) is 31.7 Å². The maximum absolute atomic E-state index is 11.6. The van der Waals surface area contributed by atoms with Crippen molar-refractivity contribution in [2.24, 2.45) is 5.92 Å². The molecule has 0 saturated carbocycles. The first-order chi connectivity index (χ1) is 9.61. The summed E-state index contributed by atoms with van der Waals surface area (Å²) in [5, 5.41) is 5.47. The molecule has 20 heavy (non-hydrogen) atoms. The van der Waals surface area contributed by atoms with E-state index < -0.39 is 6.09 Å². The van der Waals surface area contributed by atoms with Gasteiger partial charge in [0, 0.05) is 32.6 Å². The SMILES string of the molecule is COC(=O)NCCCC(=O)NCCN1CCC[C@@H](C)C1. The number of hydrogen-bond acceptors (Lipinski definition) is 4. The number of nitrogens with one attached hydrogen (secondary N) is 2. The van der Waals surface area contributed by atoms with Gasteiger partial charge in [-0.25, -0.2) is 4.79 Å². The number of rotatable bonds is 7. The summed E-state index contributed by atoms with van der Waals surface area (Å²) in [7, 11) is 1.32. The van der Waals surface area contributed by atoms with Crippen LogP contribution in [0, 0.1) is 5.92 Å². The molecule has 2 N–H and O–H groups in total. The van der Waals surface area contributed by atoms with E-state index in [0.29, 0.717) is 25.9 Å². The Labute approximate surface area is 121 Å². The molecule has 1 fully saturated rings. The second kappa shape index (κ2) is 9.58. The van der Waals surface area contributed by atoms with E-state index in [1.54, 1.807) is 0 Å². The third kappa shape index (κ3) is 7.33. The van der Waals surface area contributed by atoms with Gasteiger partial charge in [0.05, 0.1) is 7.11 Å². The molecule has 0 aromatic carbocycles. The molecule has 0 aliphatic carbocycles. The highest BCUT2D eigenvalue weighted by Gasteiger charge is 2.15. The number of methoxy groups -OCH3 is 1. The molecule has 1 atom stereocenters. The van der Waals surface area contributed by atoms with Gasteiger partial charge in [0.1, 0.15) is 0 Å². The van der Waals surface area contributed by atoms with Crippen molar-refractivity contribution in [2.75, 3.05) is 39.8 Å². The van der Waals surface area contributed by atoms with E-state index >= 15 is 0 Å². The summed E-state index contributed by atoms with van der Waals surface area (Å²) in [5.74, 6) is 0.811. The van der Waals surface area contributed by atoms with Gasteiger partial charge in [0.15, 0.2) is 0 Å². The summed E-state index contributed by atoms with van der Waals surface area (Å²) < 4.78 is 4.44. The first-order valence-corrected chi connectivity index (χ1v) is 7.42. The van der Waals surface area contributed by atoms with Crippen LogP contribution in [0.1, 0.15) is 32.6 Å². The van der Waals surface area contributed by atoms with Crippen LogP contribution in [-0.4, -0.2) is 56.7 Å². The van der Waals surface area contributed by atoms with Crippen molar-refractivity contribution in [1.29, 1.82) is 0 Å². The highest BCUT2D eigenvalue weighted by Crippen LogP contribution is 2.14. The monoisotopic (exact) mass is 285 g/mol. The maximum Gasteiger partial charge on any atom is 0.406 e. The number of nitrogens with zero attached hydrogens (tertiary/aromatic N) is 1. The minimum absolute atomic E-state index is 0.0433. The zero-order valence-electron chi connectivity index (χ0n) is 12.6. The Hall–Kier alpha value is -1.30. The molecule has 1 heterocycles. The predicted octanol–water partition coefficient (Wildman–Crippen LogP) is 0.971. The molecule has 0 aromatic rings.